The molecule has 2 nitrogen and oxygen atoms in total. The fourth-order valence-corrected chi connectivity index (χ4v) is 3.49. The summed E-state index contributed by atoms with van der Waals surface area (Å²) >= 11 is 0. The van der Waals surface area contributed by atoms with E-state index in [-0.39, 0.29) is 11.2 Å². The van der Waals surface area contributed by atoms with Gasteiger partial charge in [0.1, 0.15) is 0 Å². The van der Waals surface area contributed by atoms with Gasteiger partial charge >= 0.3 is 0 Å². The molecule has 0 unspecified atom stereocenters. The summed E-state index contributed by atoms with van der Waals surface area (Å²) in [7, 11) is 0. The second kappa shape index (κ2) is 6.38. The summed E-state index contributed by atoms with van der Waals surface area (Å²) in [4.78, 5) is 0. The summed E-state index contributed by atoms with van der Waals surface area (Å²) in [5.74, 6) is 1.38. The molecule has 0 bridgehead atoms. The van der Waals surface area contributed by atoms with Gasteiger partial charge in [-0.3, -0.25) is 0 Å². The number of hydrogen-bond acceptors (Lipinski definition) is 2. The maximum atomic E-state index is 6.72. The average Bonchev–Trinajstić information content (AvgIpc) is 2.26. The molecule has 18 heavy (non-hydrogen) atoms. The van der Waals surface area contributed by atoms with Crippen LogP contribution in [0.3, 0.4) is 0 Å². The van der Waals surface area contributed by atoms with Crippen molar-refractivity contribution in [2.45, 2.75) is 78.4 Å². The highest BCUT2D eigenvalue weighted by molar-refractivity contribution is 4.96. The average molecular weight is 255 g/mol. The summed E-state index contributed by atoms with van der Waals surface area (Å²) in [6.07, 6.45) is 4.54. The third-order valence-corrected chi connectivity index (χ3v) is 4.18. The molecule has 0 aromatic carbocycles. The summed E-state index contributed by atoms with van der Waals surface area (Å²) in [6, 6.07) is 0. The lowest BCUT2D eigenvalue weighted by Crippen LogP contribution is -2.60. The van der Waals surface area contributed by atoms with E-state index in [0.717, 1.165) is 25.9 Å². The number of morpholine rings is 1. The second-order valence-corrected chi connectivity index (χ2v) is 6.97. The zero-order valence-corrected chi connectivity index (χ0v) is 13.3. The van der Waals surface area contributed by atoms with Gasteiger partial charge in [0, 0.05) is 13.1 Å². The standard InChI is InChI=1S/C16H33NO/c1-7-15(8-2)11-17-12-16(18-15,9-13(3)4)10-14(5)6/h13-14,17H,7-12H2,1-6H3. The normalized spacial score (nSPS) is 22.7. The molecule has 0 aliphatic carbocycles. The van der Waals surface area contributed by atoms with Crippen LogP contribution in [0.5, 0.6) is 0 Å². The first-order valence-electron chi connectivity index (χ1n) is 7.78. The van der Waals surface area contributed by atoms with Gasteiger partial charge in [-0.15, -0.1) is 0 Å². The topological polar surface area (TPSA) is 21.3 Å². The molecule has 0 spiro atoms. The number of hydrogen-bond donors (Lipinski definition) is 1. The van der Waals surface area contributed by atoms with Gasteiger partial charge in [0.15, 0.2) is 0 Å². The van der Waals surface area contributed by atoms with E-state index < -0.39 is 0 Å². The molecule has 1 aliphatic rings. The first kappa shape index (κ1) is 16.0. The molecule has 0 aromatic rings. The number of rotatable bonds is 6. The van der Waals surface area contributed by atoms with Gasteiger partial charge in [-0.1, -0.05) is 41.5 Å². The van der Waals surface area contributed by atoms with Crippen molar-refractivity contribution in [1.29, 1.82) is 0 Å². The monoisotopic (exact) mass is 255 g/mol. The Morgan fingerprint density at radius 1 is 0.889 bits per heavy atom. The molecular formula is C16H33NO. The Hall–Kier alpha value is -0.0800. The minimum Gasteiger partial charge on any atom is -0.366 e. The lowest BCUT2D eigenvalue weighted by molar-refractivity contribution is -0.195. The molecule has 108 valence electrons. The zero-order valence-electron chi connectivity index (χ0n) is 13.3. The summed E-state index contributed by atoms with van der Waals surface area (Å²) < 4.78 is 6.72. The minimum absolute atomic E-state index is 0.0482. The Kier molecular flexibility index (Phi) is 5.67. The summed E-state index contributed by atoms with van der Waals surface area (Å²) in [5.41, 5.74) is 0.106. The predicted molar refractivity (Wildman–Crippen MR) is 78.9 cm³/mol. The van der Waals surface area contributed by atoms with Crippen molar-refractivity contribution >= 4 is 0 Å². The van der Waals surface area contributed by atoms with Gasteiger partial charge in [0.2, 0.25) is 0 Å². The molecule has 0 aromatic heterocycles. The molecular weight excluding hydrogens is 222 g/mol. The molecule has 0 saturated carbocycles. The SMILES string of the molecule is CCC1(CC)CNCC(CC(C)C)(CC(C)C)O1. The largest absolute Gasteiger partial charge is 0.366 e. The van der Waals surface area contributed by atoms with Gasteiger partial charge in [0.25, 0.3) is 0 Å². The van der Waals surface area contributed by atoms with Crippen molar-refractivity contribution in [1.82, 2.24) is 5.32 Å². The van der Waals surface area contributed by atoms with Gasteiger partial charge in [-0.05, 0) is 37.5 Å². The maximum Gasteiger partial charge on any atom is 0.0819 e. The van der Waals surface area contributed by atoms with Crippen LogP contribution in [0.2, 0.25) is 0 Å². The van der Waals surface area contributed by atoms with Crippen molar-refractivity contribution in [2.24, 2.45) is 11.8 Å². The number of ether oxygens (including phenoxy) is 1. The Morgan fingerprint density at radius 2 is 1.33 bits per heavy atom. The summed E-state index contributed by atoms with van der Waals surface area (Å²) in [6.45, 7) is 15.8. The van der Waals surface area contributed by atoms with Gasteiger partial charge in [-0.25, -0.2) is 0 Å². The van der Waals surface area contributed by atoms with Crippen molar-refractivity contribution in [2.75, 3.05) is 13.1 Å². The molecule has 1 saturated heterocycles. The predicted octanol–water partition coefficient (Wildman–Crippen LogP) is 4.00. The Bertz CT molecular complexity index is 233. The van der Waals surface area contributed by atoms with Gasteiger partial charge in [-0.2, -0.15) is 0 Å². The van der Waals surface area contributed by atoms with Crippen LogP contribution in [0.25, 0.3) is 0 Å². The van der Waals surface area contributed by atoms with E-state index in [1.54, 1.807) is 0 Å². The van der Waals surface area contributed by atoms with Crippen LogP contribution < -0.4 is 5.32 Å². The Labute approximate surface area is 114 Å². The van der Waals surface area contributed by atoms with Crippen LogP contribution >= 0.6 is 0 Å². The van der Waals surface area contributed by atoms with Crippen LogP contribution in [0.4, 0.5) is 0 Å². The van der Waals surface area contributed by atoms with Crippen molar-refractivity contribution in [3.63, 3.8) is 0 Å². The van der Waals surface area contributed by atoms with Crippen LogP contribution in [-0.4, -0.2) is 24.3 Å². The van der Waals surface area contributed by atoms with E-state index in [2.05, 4.69) is 46.9 Å². The van der Waals surface area contributed by atoms with E-state index in [1.807, 2.05) is 0 Å². The first-order chi connectivity index (χ1) is 8.37. The molecule has 0 atom stereocenters. The van der Waals surface area contributed by atoms with E-state index >= 15 is 0 Å². The number of nitrogens with one attached hydrogen (secondary N) is 1. The fraction of sp³-hybridized carbons (Fsp3) is 1.00. The smallest absolute Gasteiger partial charge is 0.0819 e. The van der Waals surface area contributed by atoms with Crippen LogP contribution in [-0.2, 0) is 4.74 Å². The molecule has 1 heterocycles. The summed E-state index contributed by atoms with van der Waals surface area (Å²) in [5, 5.41) is 3.65. The third kappa shape index (κ3) is 3.96. The maximum absolute atomic E-state index is 6.72. The van der Waals surface area contributed by atoms with Gasteiger partial charge in [0.05, 0.1) is 11.2 Å². The molecule has 1 N–H and O–H groups in total. The van der Waals surface area contributed by atoms with E-state index in [9.17, 15) is 0 Å². The van der Waals surface area contributed by atoms with Crippen molar-refractivity contribution in [3.8, 4) is 0 Å². The van der Waals surface area contributed by atoms with E-state index in [4.69, 9.17) is 4.74 Å². The Morgan fingerprint density at radius 3 is 1.72 bits per heavy atom. The molecule has 2 heteroatoms. The lowest BCUT2D eigenvalue weighted by Gasteiger charge is -2.50. The van der Waals surface area contributed by atoms with Crippen LogP contribution in [0.15, 0.2) is 0 Å². The van der Waals surface area contributed by atoms with E-state index in [0.29, 0.717) is 11.8 Å². The highest BCUT2D eigenvalue weighted by atomic mass is 16.5. The second-order valence-electron chi connectivity index (χ2n) is 6.97. The molecule has 1 rings (SSSR count). The van der Waals surface area contributed by atoms with Crippen molar-refractivity contribution < 1.29 is 4.74 Å². The van der Waals surface area contributed by atoms with Crippen LogP contribution in [0.1, 0.15) is 67.2 Å². The highest BCUT2D eigenvalue weighted by Gasteiger charge is 2.44. The lowest BCUT2D eigenvalue weighted by atomic mass is 9.81. The molecule has 1 fully saturated rings. The van der Waals surface area contributed by atoms with Crippen molar-refractivity contribution in [3.05, 3.63) is 0 Å². The van der Waals surface area contributed by atoms with Gasteiger partial charge < -0.3 is 10.1 Å². The minimum atomic E-state index is 0.0482. The van der Waals surface area contributed by atoms with E-state index in [1.165, 1.54) is 12.8 Å². The third-order valence-electron chi connectivity index (χ3n) is 4.18. The molecule has 0 radical (unpaired) electrons. The highest BCUT2D eigenvalue weighted by Crippen LogP contribution is 2.37. The molecule has 1 aliphatic heterocycles. The first-order valence-corrected chi connectivity index (χ1v) is 7.78. The molecule has 0 amide bonds. The Balaban J connectivity index is 2.88. The fourth-order valence-electron chi connectivity index (χ4n) is 3.49. The zero-order chi connectivity index (χ0) is 13.8. The quantitative estimate of drug-likeness (QED) is 0.774. The van der Waals surface area contributed by atoms with Crippen LogP contribution in [0, 0.1) is 11.8 Å².